The van der Waals surface area contributed by atoms with Crippen molar-refractivity contribution in [3.8, 4) is 5.75 Å². The van der Waals surface area contributed by atoms with Crippen LogP contribution in [-0.4, -0.2) is 35.0 Å². The molecular formula is C25H24N4O3S. The Hall–Kier alpha value is -3.91. The van der Waals surface area contributed by atoms with E-state index in [1.807, 2.05) is 12.1 Å². The Morgan fingerprint density at radius 3 is 2.55 bits per heavy atom. The molecule has 0 atom stereocenters. The van der Waals surface area contributed by atoms with E-state index < -0.39 is 0 Å². The molecule has 8 heteroatoms. The molecule has 1 heterocycles. The second-order valence-electron chi connectivity index (χ2n) is 7.60. The van der Waals surface area contributed by atoms with Gasteiger partial charge < -0.3 is 20.6 Å². The van der Waals surface area contributed by atoms with E-state index in [4.69, 9.17) is 0 Å². The number of phenols is 1. The maximum absolute atomic E-state index is 12.6. The number of phenolic OH excluding ortho intramolecular Hbond substituents is 1. The molecule has 0 fully saturated rings. The Labute approximate surface area is 195 Å². The highest BCUT2D eigenvalue weighted by Gasteiger charge is 2.16. The molecule has 0 aliphatic carbocycles. The molecule has 7 nitrogen and oxygen atoms in total. The van der Waals surface area contributed by atoms with Crippen molar-refractivity contribution in [2.45, 2.75) is 13.5 Å². The number of carbonyl (C=O) groups excluding carboxylic acids is 2. The van der Waals surface area contributed by atoms with Crippen molar-refractivity contribution in [2.24, 2.45) is 0 Å². The number of benzene rings is 3. The molecule has 3 aromatic carbocycles. The number of carbonyl (C=O) groups is 2. The van der Waals surface area contributed by atoms with E-state index in [0.29, 0.717) is 36.1 Å². The van der Waals surface area contributed by atoms with Crippen LogP contribution in [0.15, 0.2) is 72.1 Å². The summed E-state index contributed by atoms with van der Waals surface area (Å²) in [5.74, 6) is -0.281. The fourth-order valence-corrected chi connectivity index (χ4v) is 4.25. The van der Waals surface area contributed by atoms with Crippen LogP contribution in [0.3, 0.4) is 0 Å². The normalized spacial score (nSPS) is 10.7. The van der Waals surface area contributed by atoms with Gasteiger partial charge >= 0.3 is 0 Å². The van der Waals surface area contributed by atoms with Crippen molar-refractivity contribution < 1.29 is 14.7 Å². The number of nitrogens with zero attached hydrogens (tertiary/aromatic N) is 2. The molecule has 3 N–H and O–H groups in total. The average Bonchev–Trinajstić information content (AvgIpc) is 3.30. The van der Waals surface area contributed by atoms with Crippen LogP contribution in [0.4, 0.5) is 10.8 Å². The third kappa shape index (κ3) is 5.87. The highest BCUT2D eigenvalue weighted by Crippen LogP contribution is 2.25. The van der Waals surface area contributed by atoms with E-state index in [1.165, 1.54) is 35.8 Å². The second-order valence-corrected chi connectivity index (χ2v) is 8.44. The smallest absolute Gasteiger partial charge is 0.275 e. The van der Waals surface area contributed by atoms with Crippen molar-refractivity contribution in [1.82, 2.24) is 10.3 Å². The summed E-state index contributed by atoms with van der Waals surface area (Å²) in [5, 5.41) is 19.8. The highest BCUT2D eigenvalue weighted by atomic mass is 32.1. The van der Waals surface area contributed by atoms with Gasteiger partial charge in [0, 0.05) is 37.6 Å². The van der Waals surface area contributed by atoms with Gasteiger partial charge in [-0.25, -0.2) is 4.98 Å². The molecule has 168 valence electrons. The van der Waals surface area contributed by atoms with E-state index in [1.54, 1.807) is 17.5 Å². The monoisotopic (exact) mass is 460 g/mol. The number of hydrogen-bond donors (Lipinski definition) is 3. The minimum atomic E-state index is -0.323. The molecule has 2 amide bonds. The summed E-state index contributed by atoms with van der Waals surface area (Å²) in [7, 11) is 0. The summed E-state index contributed by atoms with van der Waals surface area (Å²) >= 11 is 1.38. The summed E-state index contributed by atoms with van der Waals surface area (Å²) in [6.07, 6.45) is 0. The highest BCUT2D eigenvalue weighted by molar-refractivity contribution is 7.13. The fourth-order valence-electron chi connectivity index (χ4n) is 3.42. The van der Waals surface area contributed by atoms with Crippen LogP contribution in [0.2, 0.25) is 0 Å². The van der Waals surface area contributed by atoms with E-state index in [-0.39, 0.29) is 17.6 Å². The Balaban J connectivity index is 1.52. The predicted molar refractivity (Wildman–Crippen MR) is 132 cm³/mol. The molecule has 0 aliphatic heterocycles. The topological polar surface area (TPSA) is 94.6 Å². The average molecular weight is 461 g/mol. The maximum atomic E-state index is 12.6. The van der Waals surface area contributed by atoms with Gasteiger partial charge in [-0.15, -0.1) is 11.3 Å². The number of anilines is 2. The number of aromatic nitrogens is 1. The third-order valence-corrected chi connectivity index (χ3v) is 5.96. The number of thiazole rings is 1. The van der Waals surface area contributed by atoms with Crippen LogP contribution in [0.1, 0.15) is 23.0 Å². The molecule has 0 saturated carbocycles. The van der Waals surface area contributed by atoms with Gasteiger partial charge in [-0.05, 0) is 46.7 Å². The zero-order valence-corrected chi connectivity index (χ0v) is 18.9. The first-order valence-electron chi connectivity index (χ1n) is 10.5. The van der Waals surface area contributed by atoms with Gasteiger partial charge in [-0.2, -0.15) is 0 Å². The van der Waals surface area contributed by atoms with Crippen molar-refractivity contribution >= 4 is 44.7 Å². The lowest BCUT2D eigenvalue weighted by atomic mass is 10.1. The maximum Gasteiger partial charge on any atom is 0.275 e. The van der Waals surface area contributed by atoms with Crippen molar-refractivity contribution in [1.29, 1.82) is 0 Å². The van der Waals surface area contributed by atoms with Gasteiger partial charge in [0.2, 0.25) is 5.91 Å². The molecule has 0 spiro atoms. The zero-order chi connectivity index (χ0) is 23.2. The number of hydrogen-bond acceptors (Lipinski definition) is 6. The van der Waals surface area contributed by atoms with Crippen molar-refractivity contribution in [2.75, 3.05) is 23.3 Å². The molecular weight excluding hydrogens is 436 g/mol. The first kappa shape index (κ1) is 22.3. The molecule has 4 aromatic rings. The van der Waals surface area contributed by atoms with Gasteiger partial charge in [-0.3, -0.25) is 9.59 Å². The summed E-state index contributed by atoms with van der Waals surface area (Å²) in [4.78, 5) is 30.6. The molecule has 0 unspecified atom stereocenters. The van der Waals surface area contributed by atoms with E-state index in [2.05, 4.69) is 50.8 Å². The van der Waals surface area contributed by atoms with Crippen LogP contribution in [0.25, 0.3) is 10.8 Å². The lowest BCUT2D eigenvalue weighted by Gasteiger charge is -2.22. The number of amides is 2. The van der Waals surface area contributed by atoms with Crippen LogP contribution in [0, 0.1) is 0 Å². The van der Waals surface area contributed by atoms with Gasteiger partial charge in [0.25, 0.3) is 5.91 Å². The molecule has 0 saturated heterocycles. The first-order valence-corrected chi connectivity index (χ1v) is 11.4. The predicted octanol–water partition coefficient (Wildman–Crippen LogP) is 4.40. The van der Waals surface area contributed by atoms with Gasteiger partial charge in [0.05, 0.1) is 0 Å². The minimum Gasteiger partial charge on any atom is -0.508 e. The fraction of sp³-hybridized carbons (Fsp3) is 0.160. The molecule has 0 radical (unpaired) electrons. The van der Waals surface area contributed by atoms with Gasteiger partial charge in [-0.1, -0.05) is 36.4 Å². The summed E-state index contributed by atoms with van der Waals surface area (Å²) in [6.45, 7) is 3.11. The van der Waals surface area contributed by atoms with Crippen LogP contribution in [0.5, 0.6) is 5.75 Å². The quantitative estimate of drug-likeness (QED) is 0.339. The lowest BCUT2D eigenvalue weighted by Crippen LogP contribution is -2.33. The summed E-state index contributed by atoms with van der Waals surface area (Å²) in [5.41, 5.74) is 2.00. The molecule has 4 rings (SSSR count). The summed E-state index contributed by atoms with van der Waals surface area (Å²) in [6, 6.07) is 20.8. The second kappa shape index (κ2) is 10.1. The SMILES string of the molecule is CC(=O)NCCN(Cc1ccc2ccccc2c1)c1nc(C(=O)Nc2ccc(O)cc2)cs1. The van der Waals surface area contributed by atoms with Crippen LogP contribution in [-0.2, 0) is 11.3 Å². The standard InChI is InChI=1S/C25H24N4O3S/c1-17(30)26-12-13-29(15-18-6-7-19-4-2-3-5-20(19)14-18)25-28-23(16-33-25)24(32)27-21-8-10-22(31)11-9-21/h2-11,14,16,31H,12-13,15H2,1H3,(H,26,30)(H,27,32). The number of fused-ring (bicyclic) bond motifs is 1. The molecule has 0 bridgehead atoms. The van der Waals surface area contributed by atoms with E-state index >= 15 is 0 Å². The molecule has 33 heavy (non-hydrogen) atoms. The van der Waals surface area contributed by atoms with E-state index in [9.17, 15) is 14.7 Å². The van der Waals surface area contributed by atoms with Crippen LogP contribution >= 0.6 is 11.3 Å². The Morgan fingerprint density at radius 2 is 1.79 bits per heavy atom. The minimum absolute atomic E-state index is 0.0891. The van der Waals surface area contributed by atoms with Crippen molar-refractivity contribution in [3.05, 3.63) is 83.4 Å². The summed E-state index contributed by atoms with van der Waals surface area (Å²) < 4.78 is 0. The molecule has 0 aliphatic rings. The Morgan fingerprint density at radius 1 is 1.03 bits per heavy atom. The zero-order valence-electron chi connectivity index (χ0n) is 18.1. The Kier molecular flexibility index (Phi) is 6.85. The lowest BCUT2D eigenvalue weighted by molar-refractivity contribution is -0.118. The van der Waals surface area contributed by atoms with Gasteiger partial charge in [0.1, 0.15) is 11.4 Å². The number of aromatic hydroxyl groups is 1. The largest absolute Gasteiger partial charge is 0.508 e. The first-order chi connectivity index (χ1) is 16.0. The Bertz CT molecular complexity index is 1270. The number of rotatable bonds is 8. The van der Waals surface area contributed by atoms with Crippen molar-refractivity contribution in [3.63, 3.8) is 0 Å². The van der Waals surface area contributed by atoms with Crippen LogP contribution < -0.4 is 15.5 Å². The number of nitrogens with one attached hydrogen (secondary N) is 2. The molecule has 1 aromatic heterocycles. The third-order valence-electron chi connectivity index (χ3n) is 5.06. The van der Waals surface area contributed by atoms with Gasteiger partial charge in [0.15, 0.2) is 5.13 Å². The van der Waals surface area contributed by atoms with E-state index in [0.717, 1.165) is 10.9 Å².